The van der Waals surface area contributed by atoms with Gasteiger partial charge >= 0.3 is 0 Å². The Morgan fingerprint density at radius 3 is 2.59 bits per heavy atom. The molecule has 3 N–H and O–H groups in total. The number of nitrogens with two attached hydrogens (primary N) is 1. The van der Waals surface area contributed by atoms with Crippen LogP contribution in [0.1, 0.15) is 44.1 Å². The third-order valence-electron chi connectivity index (χ3n) is 5.72. The molecule has 0 radical (unpaired) electrons. The lowest BCUT2D eigenvalue weighted by Crippen LogP contribution is -2.27. The van der Waals surface area contributed by atoms with Crippen LogP contribution in [0.4, 0.5) is 0 Å². The zero-order valence-corrected chi connectivity index (χ0v) is 20.0. The lowest BCUT2D eigenvalue weighted by atomic mass is 10.1. The van der Waals surface area contributed by atoms with Crippen LogP contribution in [-0.2, 0) is 27.8 Å². The summed E-state index contributed by atoms with van der Waals surface area (Å²) in [5.41, 5.74) is 3.39. The molecule has 178 valence electrons. The molecule has 0 aliphatic rings. The van der Waals surface area contributed by atoms with Crippen LogP contribution in [0.3, 0.4) is 0 Å². The first-order valence-electron chi connectivity index (χ1n) is 11.2. The van der Waals surface area contributed by atoms with Gasteiger partial charge in [0.25, 0.3) is 0 Å². The van der Waals surface area contributed by atoms with Crippen LogP contribution in [-0.4, -0.2) is 33.4 Å². The average Bonchev–Trinajstić information content (AvgIpc) is 3.46. The highest BCUT2D eigenvalue weighted by atomic mass is 32.2. The first-order valence-corrected chi connectivity index (χ1v) is 12.7. The molecule has 4 rings (SSSR count). The number of imidazole rings is 2. The molecule has 9 nitrogen and oxygen atoms in total. The number of carbonyl (C=O) groups excluding carboxylic acids is 1. The molecule has 0 unspecified atom stereocenters. The van der Waals surface area contributed by atoms with Gasteiger partial charge in [-0.1, -0.05) is 19.1 Å². The van der Waals surface area contributed by atoms with Crippen LogP contribution in [0.5, 0.6) is 0 Å². The van der Waals surface area contributed by atoms with E-state index in [0.717, 1.165) is 35.6 Å². The Bertz CT molecular complexity index is 1390. The predicted molar refractivity (Wildman–Crippen MR) is 130 cm³/mol. The van der Waals surface area contributed by atoms with Gasteiger partial charge in [0.05, 0.1) is 28.3 Å². The van der Waals surface area contributed by atoms with E-state index in [1.807, 2.05) is 46.5 Å². The van der Waals surface area contributed by atoms with Crippen molar-refractivity contribution in [1.29, 1.82) is 0 Å². The van der Waals surface area contributed by atoms with Gasteiger partial charge < -0.3 is 14.5 Å². The highest BCUT2D eigenvalue weighted by Crippen LogP contribution is 2.22. The summed E-state index contributed by atoms with van der Waals surface area (Å²) >= 11 is 0. The molecule has 1 amide bonds. The van der Waals surface area contributed by atoms with Gasteiger partial charge in [0.2, 0.25) is 15.9 Å². The largest absolute Gasteiger partial charge is 0.350 e. The van der Waals surface area contributed by atoms with Crippen LogP contribution >= 0.6 is 0 Å². The fourth-order valence-corrected chi connectivity index (χ4v) is 4.50. The summed E-state index contributed by atoms with van der Waals surface area (Å²) < 4.78 is 27.3. The lowest BCUT2D eigenvalue weighted by molar-refractivity contribution is -0.121. The standard InChI is InChI=1S/C24H28N6O3S/c1-3-13-30-22-9-8-20(34(25,32)33)15-21(22)28-23(30)10-11-24(31)27-17(2)18-4-6-19(7-5-18)29-14-12-26-16-29/h4-9,12,14-17H,3,10-11,13H2,1-2H3,(H,27,31)(H2,25,32,33)/t17-/m0/s1. The number of aryl methyl sites for hydroxylation is 2. The molecule has 2 heterocycles. The number of primary sulfonamides is 1. The van der Waals surface area contributed by atoms with Crippen molar-refractivity contribution in [2.45, 2.75) is 50.6 Å². The zero-order chi connectivity index (χ0) is 24.3. The third kappa shape index (κ3) is 5.18. The van der Waals surface area contributed by atoms with E-state index in [0.29, 0.717) is 11.9 Å². The predicted octanol–water partition coefficient (Wildman–Crippen LogP) is 3.09. The maximum absolute atomic E-state index is 12.7. The first-order chi connectivity index (χ1) is 16.3. The number of hydrogen-bond donors (Lipinski definition) is 2. The van der Waals surface area contributed by atoms with Gasteiger partial charge in [0, 0.05) is 37.5 Å². The molecule has 34 heavy (non-hydrogen) atoms. The summed E-state index contributed by atoms with van der Waals surface area (Å²) in [5.74, 6) is 0.669. The molecule has 2 aromatic carbocycles. The smallest absolute Gasteiger partial charge is 0.238 e. The SMILES string of the molecule is CCCn1c(CCC(=O)N[C@@H](C)c2ccc(-n3ccnc3)cc2)nc2cc(S(N)(=O)=O)ccc21. The number of hydrogen-bond acceptors (Lipinski definition) is 5. The Morgan fingerprint density at radius 2 is 1.94 bits per heavy atom. The minimum absolute atomic E-state index is 0.0262. The normalized spacial score (nSPS) is 12.7. The molecular weight excluding hydrogens is 452 g/mol. The van der Waals surface area contributed by atoms with Gasteiger partial charge in [-0.05, 0) is 49.2 Å². The van der Waals surface area contributed by atoms with Gasteiger partial charge in [0.15, 0.2) is 0 Å². The Hall–Kier alpha value is -3.50. The Kier molecular flexibility index (Phi) is 6.80. The summed E-state index contributed by atoms with van der Waals surface area (Å²) in [6.07, 6.45) is 6.94. The molecule has 2 aromatic heterocycles. The van der Waals surface area contributed by atoms with Crippen molar-refractivity contribution in [1.82, 2.24) is 24.4 Å². The molecule has 10 heteroatoms. The minimum Gasteiger partial charge on any atom is -0.350 e. The number of nitrogens with zero attached hydrogens (tertiary/aromatic N) is 4. The first kappa shape index (κ1) is 23.7. The summed E-state index contributed by atoms with van der Waals surface area (Å²) in [6, 6.07) is 12.5. The van der Waals surface area contributed by atoms with Crippen molar-refractivity contribution < 1.29 is 13.2 Å². The molecule has 0 saturated heterocycles. The summed E-state index contributed by atoms with van der Waals surface area (Å²) in [5, 5.41) is 8.30. The number of carbonyl (C=O) groups is 1. The fraction of sp³-hybridized carbons (Fsp3) is 0.292. The highest BCUT2D eigenvalue weighted by Gasteiger charge is 2.16. The molecule has 0 aliphatic heterocycles. The molecule has 0 aliphatic carbocycles. The molecule has 0 fully saturated rings. The molecule has 0 saturated carbocycles. The second-order valence-electron chi connectivity index (χ2n) is 8.23. The Balaban J connectivity index is 1.43. The second kappa shape index (κ2) is 9.78. The number of sulfonamides is 1. The maximum Gasteiger partial charge on any atom is 0.238 e. The van der Waals surface area contributed by atoms with Gasteiger partial charge in [0.1, 0.15) is 5.82 Å². The summed E-state index contributed by atoms with van der Waals surface area (Å²) in [4.78, 5) is 21.4. The van der Waals surface area contributed by atoms with Crippen molar-refractivity contribution in [3.63, 3.8) is 0 Å². The molecule has 0 spiro atoms. The van der Waals surface area contributed by atoms with E-state index in [2.05, 4.69) is 22.2 Å². The van der Waals surface area contributed by atoms with Gasteiger partial charge in [-0.25, -0.2) is 23.5 Å². The third-order valence-corrected chi connectivity index (χ3v) is 6.63. The van der Waals surface area contributed by atoms with Crippen molar-refractivity contribution in [2.24, 2.45) is 5.14 Å². The number of fused-ring (bicyclic) bond motifs is 1. The van der Waals surface area contributed by atoms with Gasteiger partial charge in [-0.15, -0.1) is 0 Å². The molecule has 1 atom stereocenters. The molecular formula is C24H28N6O3S. The summed E-state index contributed by atoms with van der Waals surface area (Å²) in [6.45, 7) is 4.73. The van der Waals surface area contributed by atoms with Crippen molar-refractivity contribution in [3.05, 3.63) is 72.6 Å². The second-order valence-corrected chi connectivity index (χ2v) is 9.79. The quantitative estimate of drug-likeness (QED) is 0.381. The Morgan fingerprint density at radius 1 is 1.18 bits per heavy atom. The van der Waals surface area contributed by atoms with E-state index < -0.39 is 10.0 Å². The molecule has 4 aromatic rings. The number of rotatable bonds is 9. The van der Waals surface area contributed by atoms with Crippen molar-refractivity contribution >= 4 is 27.0 Å². The van der Waals surface area contributed by atoms with Crippen LogP contribution < -0.4 is 10.5 Å². The molecule has 0 bridgehead atoms. The topological polar surface area (TPSA) is 125 Å². The van der Waals surface area contributed by atoms with E-state index in [4.69, 9.17) is 5.14 Å². The zero-order valence-electron chi connectivity index (χ0n) is 19.2. The number of benzene rings is 2. The monoisotopic (exact) mass is 480 g/mol. The number of aromatic nitrogens is 4. The lowest BCUT2D eigenvalue weighted by Gasteiger charge is -2.15. The average molecular weight is 481 g/mol. The minimum atomic E-state index is -3.81. The van der Waals surface area contributed by atoms with E-state index in [9.17, 15) is 13.2 Å². The van der Waals surface area contributed by atoms with Crippen LogP contribution in [0, 0.1) is 0 Å². The van der Waals surface area contributed by atoms with E-state index in [1.165, 1.54) is 12.1 Å². The van der Waals surface area contributed by atoms with E-state index in [1.54, 1.807) is 18.6 Å². The van der Waals surface area contributed by atoms with E-state index >= 15 is 0 Å². The maximum atomic E-state index is 12.7. The highest BCUT2D eigenvalue weighted by molar-refractivity contribution is 7.89. The van der Waals surface area contributed by atoms with Crippen LogP contribution in [0.2, 0.25) is 0 Å². The fourth-order valence-electron chi connectivity index (χ4n) is 3.97. The van der Waals surface area contributed by atoms with Crippen LogP contribution in [0.25, 0.3) is 16.7 Å². The van der Waals surface area contributed by atoms with E-state index in [-0.39, 0.29) is 23.3 Å². The summed E-state index contributed by atoms with van der Waals surface area (Å²) in [7, 11) is -3.81. The van der Waals surface area contributed by atoms with Crippen LogP contribution in [0.15, 0.2) is 66.1 Å². The van der Waals surface area contributed by atoms with Gasteiger partial charge in [-0.3, -0.25) is 4.79 Å². The Labute approximate surface area is 198 Å². The van der Waals surface area contributed by atoms with Gasteiger partial charge in [-0.2, -0.15) is 0 Å². The number of nitrogens with one attached hydrogen (secondary N) is 1. The van der Waals surface area contributed by atoms with Crippen molar-refractivity contribution in [2.75, 3.05) is 0 Å². The van der Waals surface area contributed by atoms with Crippen molar-refractivity contribution in [3.8, 4) is 5.69 Å². The number of amides is 1.